The van der Waals surface area contributed by atoms with Crippen LogP contribution in [-0.2, 0) is 9.53 Å². The number of ether oxygens (including phenoxy) is 1. The zero-order valence-corrected chi connectivity index (χ0v) is 9.34. The molecule has 1 rings (SSSR count). The Kier molecular flexibility index (Phi) is 3.83. The van der Waals surface area contributed by atoms with Gasteiger partial charge in [0.2, 0.25) is 5.91 Å². The number of nitrogens with two attached hydrogens (primary N) is 1. The molecular formula is C9H16N2O2S. The Bertz CT molecular complexity index is 243. The third kappa shape index (κ3) is 2.65. The topological polar surface area (TPSA) is 55.6 Å². The van der Waals surface area contributed by atoms with Gasteiger partial charge >= 0.3 is 0 Å². The Morgan fingerprint density at radius 2 is 2.29 bits per heavy atom. The van der Waals surface area contributed by atoms with Crippen molar-refractivity contribution < 1.29 is 9.53 Å². The predicted octanol–water partition coefficient (Wildman–Crippen LogP) is 0.156. The zero-order chi connectivity index (χ0) is 10.7. The normalized spacial score (nSPS) is 22.5. The molecule has 1 heterocycles. The molecule has 1 atom stereocenters. The molecule has 0 spiro atoms. The van der Waals surface area contributed by atoms with E-state index in [0.29, 0.717) is 24.7 Å². The molecule has 4 nitrogen and oxygen atoms in total. The minimum absolute atomic E-state index is 0.0140. The first kappa shape index (κ1) is 11.4. The van der Waals surface area contributed by atoms with Crippen LogP contribution < -0.4 is 5.73 Å². The van der Waals surface area contributed by atoms with Gasteiger partial charge in [0.15, 0.2) is 0 Å². The summed E-state index contributed by atoms with van der Waals surface area (Å²) in [7, 11) is 0. The Balaban J connectivity index is 2.56. The maximum Gasteiger partial charge on any atom is 0.225 e. The summed E-state index contributed by atoms with van der Waals surface area (Å²) in [5.41, 5.74) is 5.47. The average Bonchev–Trinajstić information content (AvgIpc) is 2.16. The summed E-state index contributed by atoms with van der Waals surface area (Å²) < 4.78 is 5.34. The van der Waals surface area contributed by atoms with E-state index in [-0.39, 0.29) is 17.9 Å². The van der Waals surface area contributed by atoms with Crippen molar-refractivity contribution in [2.45, 2.75) is 20.0 Å². The smallest absolute Gasteiger partial charge is 0.225 e. The number of carbonyl (C=O) groups is 1. The fourth-order valence-electron chi connectivity index (χ4n) is 1.39. The molecule has 0 radical (unpaired) electrons. The largest absolute Gasteiger partial charge is 0.391 e. The van der Waals surface area contributed by atoms with Gasteiger partial charge in [-0.05, 0) is 0 Å². The number of hydrogen-bond donors (Lipinski definition) is 1. The molecule has 1 aliphatic rings. The van der Waals surface area contributed by atoms with Crippen LogP contribution in [0.2, 0.25) is 0 Å². The summed E-state index contributed by atoms with van der Waals surface area (Å²) in [6.45, 7) is 5.41. The fourth-order valence-corrected chi connectivity index (χ4v) is 1.53. The second-order valence-corrected chi connectivity index (χ2v) is 4.17. The van der Waals surface area contributed by atoms with Gasteiger partial charge in [-0.3, -0.25) is 4.79 Å². The second kappa shape index (κ2) is 4.70. The highest BCUT2D eigenvalue weighted by Crippen LogP contribution is 2.09. The highest BCUT2D eigenvalue weighted by Gasteiger charge is 2.26. The fraction of sp³-hybridized carbons (Fsp3) is 0.778. The minimum Gasteiger partial charge on any atom is -0.391 e. The second-order valence-electron chi connectivity index (χ2n) is 3.70. The molecule has 0 saturated carbocycles. The lowest BCUT2D eigenvalue weighted by atomic mass is 10.1. The van der Waals surface area contributed by atoms with Crippen LogP contribution in [0.5, 0.6) is 0 Å². The van der Waals surface area contributed by atoms with Gasteiger partial charge in [-0.1, -0.05) is 26.1 Å². The summed E-state index contributed by atoms with van der Waals surface area (Å²) in [4.78, 5) is 13.7. The monoisotopic (exact) mass is 216 g/mol. The third-order valence-electron chi connectivity index (χ3n) is 2.19. The Morgan fingerprint density at radius 1 is 1.64 bits per heavy atom. The van der Waals surface area contributed by atoms with Crippen LogP contribution >= 0.6 is 12.2 Å². The molecule has 0 aliphatic carbocycles. The van der Waals surface area contributed by atoms with E-state index in [1.165, 1.54) is 0 Å². The van der Waals surface area contributed by atoms with Crippen molar-refractivity contribution in [1.82, 2.24) is 4.90 Å². The molecule has 0 aromatic rings. The molecule has 1 saturated heterocycles. The van der Waals surface area contributed by atoms with Gasteiger partial charge in [0, 0.05) is 12.5 Å². The number of thiocarbonyl (C=S) groups is 1. The van der Waals surface area contributed by atoms with Gasteiger partial charge in [0.25, 0.3) is 0 Å². The number of morpholine rings is 1. The van der Waals surface area contributed by atoms with Crippen LogP contribution in [0.4, 0.5) is 0 Å². The average molecular weight is 216 g/mol. The van der Waals surface area contributed by atoms with E-state index in [2.05, 4.69) is 0 Å². The molecule has 80 valence electrons. The first-order chi connectivity index (χ1) is 6.52. The van der Waals surface area contributed by atoms with Crippen LogP contribution in [0.25, 0.3) is 0 Å². The highest BCUT2D eigenvalue weighted by atomic mass is 32.1. The lowest BCUT2D eigenvalue weighted by Crippen LogP contribution is -2.50. The Labute approximate surface area is 89.4 Å². The molecule has 14 heavy (non-hydrogen) atoms. The van der Waals surface area contributed by atoms with Crippen molar-refractivity contribution in [1.29, 1.82) is 0 Å². The van der Waals surface area contributed by atoms with Crippen LogP contribution in [-0.4, -0.2) is 41.6 Å². The quantitative estimate of drug-likeness (QED) is 0.668. The van der Waals surface area contributed by atoms with Crippen molar-refractivity contribution >= 4 is 23.1 Å². The third-order valence-corrected chi connectivity index (χ3v) is 2.45. The van der Waals surface area contributed by atoms with Gasteiger partial charge in [-0.15, -0.1) is 0 Å². The maximum atomic E-state index is 11.7. The van der Waals surface area contributed by atoms with E-state index >= 15 is 0 Å². The standard InChI is InChI=1S/C9H16N2O2S/c1-6(2)9(12)11-3-4-13-7(5-11)8(10)14/h6-7H,3-5H2,1-2H3,(H2,10,14). The summed E-state index contributed by atoms with van der Waals surface area (Å²) >= 11 is 4.84. The molecule has 1 amide bonds. The summed E-state index contributed by atoms with van der Waals surface area (Å²) in [6.07, 6.45) is -0.276. The molecule has 0 bridgehead atoms. The minimum atomic E-state index is -0.276. The van der Waals surface area contributed by atoms with Crippen molar-refractivity contribution in [2.24, 2.45) is 11.7 Å². The van der Waals surface area contributed by atoms with Crippen molar-refractivity contribution in [2.75, 3.05) is 19.7 Å². The Hall–Kier alpha value is -0.680. The first-order valence-corrected chi connectivity index (χ1v) is 5.13. The van der Waals surface area contributed by atoms with Crippen LogP contribution in [0.15, 0.2) is 0 Å². The van der Waals surface area contributed by atoms with Crippen LogP contribution in [0.3, 0.4) is 0 Å². The molecule has 0 aromatic heterocycles. The molecule has 1 aliphatic heterocycles. The number of hydrogen-bond acceptors (Lipinski definition) is 3. The summed E-state index contributed by atoms with van der Waals surface area (Å²) in [6, 6.07) is 0. The molecular weight excluding hydrogens is 200 g/mol. The van der Waals surface area contributed by atoms with Gasteiger partial charge in [-0.25, -0.2) is 0 Å². The van der Waals surface area contributed by atoms with E-state index in [4.69, 9.17) is 22.7 Å². The lowest BCUT2D eigenvalue weighted by molar-refractivity contribution is -0.139. The number of carbonyl (C=O) groups excluding carboxylic acids is 1. The lowest BCUT2D eigenvalue weighted by Gasteiger charge is -2.33. The van der Waals surface area contributed by atoms with E-state index in [9.17, 15) is 4.79 Å². The molecule has 0 aromatic carbocycles. The number of rotatable bonds is 2. The molecule has 1 unspecified atom stereocenters. The highest BCUT2D eigenvalue weighted by molar-refractivity contribution is 7.80. The van der Waals surface area contributed by atoms with Crippen LogP contribution in [0, 0.1) is 5.92 Å². The molecule has 2 N–H and O–H groups in total. The van der Waals surface area contributed by atoms with Crippen molar-refractivity contribution in [3.05, 3.63) is 0 Å². The summed E-state index contributed by atoms with van der Waals surface area (Å²) in [5.74, 6) is 0.148. The molecule has 5 heteroatoms. The van der Waals surface area contributed by atoms with Gasteiger partial charge in [-0.2, -0.15) is 0 Å². The number of amides is 1. The SMILES string of the molecule is CC(C)C(=O)N1CCOC(C(N)=S)C1. The summed E-state index contributed by atoms with van der Waals surface area (Å²) in [5, 5.41) is 0. The van der Waals surface area contributed by atoms with Crippen molar-refractivity contribution in [3.63, 3.8) is 0 Å². The van der Waals surface area contributed by atoms with Crippen molar-refractivity contribution in [3.8, 4) is 0 Å². The molecule has 1 fully saturated rings. The van der Waals surface area contributed by atoms with Gasteiger partial charge in [0.05, 0.1) is 13.2 Å². The van der Waals surface area contributed by atoms with E-state index in [0.717, 1.165) is 0 Å². The maximum absolute atomic E-state index is 11.7. The zero-order valence-electron chi connectivity index (χ0n) is 8.53. The first-order valence-electron chi connectivity index (χ1n) is 4.72. The van der Waals surface area contributed by atoms with Crippen LogP contribution in [0.1, 0.15) is 13.8 Å². The van der Waals surface area contributed by atoms with Gasteiger partial charge in [0.1, 0.15) is 11.1 Å². The van der Waals surface area contributed by atoms with E-state index in [1.807, 2.05) is 13.8 Å². The van der Waals surface area contributed by atoms with E-state index in [1.54, 1.807) is 4.90 Å². The van der Waals surface area contributed by atoms with Gasteiger partial charge < -0.3 is 15.4 Å². The number of nitrogens with zero attached hydrogens (tertiary/aromatic N) is 1. The Morgan fingerprint density at radius 3 is 2.79 bits per heavy atom. The van der Waals surface area contributed by atoms with E-state index < -0.39 is 0 Å². The predicted molar refractivity (Wildman–Crippen MR) is 57.9 cm³/mol.